The normalized spacial score (nSPS) is 16.1. The van der Waals surface area contributed by atoms with Gasteiger partial charge in [-0.2, -0.15) is 0 Å². The highest BCUT2D eigenvalue weighted by atomic mass is 35.7. The molecule has 0 bridgehead atoms. The SMILES string of the molecule is O=S(=O)(Cl)c1cccc2c(O)ncc(C3CC3)c12. The van der Waals surface area contributed by atoms with Crippen LogP contribution in [0.1, 0.15) is 24.3 Å². The van der Waals surface area contributed by atoms with Gasteiger partial charge in [0.25, 0.3) is 9.05 Å². The van der Waals surface area contributed by atoms with Crippen molar-refractivity contribution in [2.75, 3.05) is 0 Å². The Labute approximate surface area is 109 Å². The van der Waals surface area contributed by atoms with Crippen molar-refractivity contribution in [1.29, 1.82) is 0 Å². The third-order valence-electron chi connectivity index (χ3n) is 3.16. The Kier molecular flexibility index (Phi) is 2.50. The molecule has 1 heterocycles. The van der Waals surface area contributed by atoms with Crippen LogP contribution in [0.5, 0.6) is 5.88 Å². The molecule has 3 rings (SSSR count). The van der Waals surface area contributed by atoms with Crippen LogP contribution in [0.3, 0.4) is 0 Å². The van der Waals surface area contributed by atoms with Crippen molar-refractivity contribution in [3.63, 3.8) is 0 Å². The summed E-state index contributed by atoms with van der Waals surface area (Å²) >= 11 is 0. The fourth-order valence-corrected chi connectivity index (χ4v) is 3.29. The minimum Gasteiger partial charge on any atom is -0.493 e. The standard InChI is InChI=1S/C12H10ClNO3S/c13-18(16,17)10-3-1-2-8-11(10)9(7-4-5-7)6-14-12(8)15/h1-3,6-7H,4-5H2,(H,14,15). The van der Waals surface area contributed by atoms with E-state index in [2.05, 4.69) is 4.98 Å². The van der Waals surface area contributed by atoms with E-state index < -0.39 is 9.05 Å². The van der Waals surface area contributed by atoms with Gasteiger partial charge in [0.1, 0.15) is 0 Å². The molecule has 0 spiro atoms. The van der Waals surface area contributed by atoms with Crippen LogP contribution < -0.4 is 0 Å². The first-order valence-corrected chi connectivity index (χ1v) is 7.84. The molecule has 2 aromatic rings. The molecule has 0 aliphatic heterocycles. The van der Waals surface area contributed by atoms with Crippen LogP contribution in [0, 0.1) is 0 Å². The van der Waals surface area contributed by atoms with Crippen LogP contribution in [0.2, 0.25) is 0 Å². The van der Waals surface area contributed by atoms with Gasteiger partial charge in [0.15, 0.2) is 0 Å². The van der Waals surface area contributed by atoms with E-state index in [9.17, 15) is 13.5 Å². The maximum atomic E-state index is 11.6. The largest absolute Gasteiger partial charge is 0.493 e. The molecular weight excluding hydrogens is 274 g/mol. The van der Waals surface area contributed by atoms with E-state index in [0.717, 1.165) is 18.4 Å². The molecule has 94 valence electrons. The van der Waals surface area contributed by atoms with Crippen LogP contribution in [-0.2, 0) is 9.05 Å². The lowest BCUT2D eigenvalue weighted by Gasteiger charge is -2.09. The second kappa shape index (κ2) is 3.83. The van der Waals surface area contributed by atoms with Crippen LogP contribution in [0.15, 0.2) is 29.3 Å². The number of pyridine rings is 1. The summed E-state index contributed by atoms with van der Waals surface area (Å²) in [6.07, 6.45) is 3.57. The number of hydrogen-bond acceptors (Lipinski definition) is 4. The first-order chi connectivity index (χ1) is 8.48. The lowest BCUT2D eigenvalue weighted by molar-refractivity contribution is 0.460. The summed E-state index contributed by atoms with van der Waals surface area (Å²) in [5, 5.41) is 10.7. The van der Waals surface area contributed by atoms with Crippen molar-refractivity contribution in [1.82, 2.24) is 4.98 Å². The van der Waals surface area contributed by atoms with E-state index in [4.69, 9.17) is 10.7 Å². The summed E-state index contributed by atoms with van der Waals surface area (Å²) < 4.78 is 23.2. The van der Waals surface area contributed by atoms with Gasteiger partial charge in [0.05, 0.1) is 4.90 Å². The number of halogens is 1. The zero-order valence-corrected chi connectivity index (χ0v) is 10.9. The highest BCUT2D eigenvalue weighted by molar-refractivity contribution is 8.14. The number of rotatable bonds is 2. The lowest BCUT2D eigenvalue weighted by Crippen LogP contribution is -1.96. The predicted molar refractivity (Wildman–Crippen MR) is 68.4 cm³/mol. The summed E-state index contributed by atoms with van der Waals surface area (Å²) in [5.41, 5.74) is 0.850. The second-order valence-electron chi connectivity index (χ2n) is 4.43. The first-order valence-electron chi connectivity index (χ1n) is 5.54. The fourth-order valence-electron chi connectivity index (χ4n) is 2.19. The lowest BCUT2D eigenvalue weighted by atomic mass is 10.0. The molecule has 1 aliphatic carbocycles. The Morgan fingerprint density at radius 3 is 2.67 bits per heavy atom. The van der Waals surface area contributed by atoms with Crippen LogP contribution in [0.4, 0.5) is 0 Å². The summed E-state index contributed by atoms with van der Waals surface area (Å²) in [6.45, 7) is 0. The molecule has 1 aliphatic rings. The van der Waals surface area contributed by atoms with Crippen molar-refractivity contribution in [2.24, 2.45) is 0 Å². The summed E-state index contributed by atoms with van der Waals surface area (Å²) in [6, 6.07) is 4.65. The van der Waals surface area contributed by atoms with Gasteiger partial charge in [-0.05, 0) is 36.5 Å². The van der Waals surface area contributed by atoms with Gasteiger partial charge in [-0.3, -0.25) is 0 Å². The van der Waals surface area contributed by atoms with Crippen molar-refractivity contribution in [3.05, 3.63) is 30.0 Å². The van der Waals surface area contributed by atoms with Gasteiger partial charge >= 0.3 is 0 Å². The van der Waals surface area contributed by atoms with Gasteiger partial charge in [0.2, 0.25) is 5.88 Å². The number of aromatic nitrogens is 1. The molecule has 1 fully saturated rings. The van der Waals surface area contributed by atoms with Crippen molar-refractivity contribution >= 4 is 30.5 Å². The van der Waals surface area contributed by atoms with Crippen molar-refractivity contribution in [3.8, 4) is 5.88 Å². The van der Waals surface area contributed by atoms with Crippen LogP contribution in [0.25, 0.3) is 10.8 Å². The van der Waals surface area contributed by atoms with E-state index >= 15 is 0 Å². The highest BCUT2D eigenvalue weighted by Gasteiger charge is 2.29. The molecule has 1 aromatic heterocycles. The van der Waals surface area contributed by atoms with Gasteiger partial charge < -0.3 is 5.11 Å². The maximum absolute atomic E-state index is 11.6. The molecule has 0 radical (unpaired) electrons. The molecular formula is C12H10ClNO3S. The third kappa shape index (κ3) is 1.83. The highest BCUT2D eigenvalue weighted by Crippen LogP contribution is 2.45. The Balaban J connectivity index is 2.47. The number of fused-ring (bicyclic) bond motifs is 1. The van der Waals surface area contributed by atoms with Gasteiger partial charge in [-0.15, -0.1) is 0 Å². The molecule has 1 saturated carbocycles. The minimum atomic E-state index is -3.84. The van der Waals surface area contributed by atoms with Gasteiger partial charge in [0, 0.05) is 27.7 Å². The van der Waals surface area contributed by atoms with E-state index in [1.54, 1.807) is 18.3 Å². The van der Waals surface area contributed by atoms with Crippen LogP contribution >= 0.6 is 10.7 Å². The fraction of sp³-hybridized carbons (Fsp3) is 0.250. The summed E-state index contributed by atoms with van der Waals surface area (Å²) in [4.78, 5) is 3.95. The number of aromatic hydroxyl groups is 1. The zero-order valence-electron chi connectivity index (χ0n) is 9.30. The molecule has 0 saturated heterocycles. The minimum absolute atomic E-state index is 0.0428. The monoisotopic (exact) mass is 283 g/mol. The average molecular weight is 284 g/mol. The number of hydrogen-bond donors (Lipinski definition) is 1. The molecule has 1 N–H and O–H groups in total. The molecule has 1 aromatic carbocycles. The molecule has 6 heteroatoms. The maximum Gasteiger partial charge on any atom is 0.261 e. The summed E-state index contributed by atoms with van der Waals surface area (Å²) in [7, 11) is 1.62. The molecule has 4 nitrogen and oxygen atoms in total. The molecule has 18 heavy (non-hydrogen) atoms. The first kappa shape index (κ1) is 11.7. The van der Waals surface area contributed by atoms with Gasteiger partial charge in [-0.1, -0.05) is 6.07 Å². The van der Waals surface area contributed by atoms with Gasteiger partial charge in [-0.25, -0.2) is 13.4 Å². The Morgan fingerprint density at radius 2 is 2.06 bits per heavy atom. The van der Waals surface area contributed by atoms with Crippen molar-refractivity contribution in [2.45, 2.75) is 23.7 Å². The molecule has 0 amide bonds. The smallest absolute Gasteiger partial charge is 0.261 e. The Morgan fingerprint density at radius 1 is 1.33 bits per heavy atom. The molecule has 0 atom stereocenters. The number of nitrogens with zero attached hydrogens (tertiary/aromatic N) is 1. The second-order valence-corrected chi connectivity index (χ2v) is 6.96. The number of benzene rings is 1. The predicted octanol–water partition coefficient (Wildman–Crippen LogP) is 2.75. The Bertz CT molecular complexity index is 738. The topological polar surface area (TPSA) is 67.3 Å². The Hall–Kier alpha value is -1.33. The van der Waals surface area contributed by atoms with Crippen LogP contribution in [-0.4, -0.2) is 18.5 Å². The van der Waals surface area contributed by atoms with E-state index in [-0.39, 0.29) is 10.8 Å². The average Bonchev–Trinajstić information content (AvgIpc) is 3.12. The van der Waals surface area contributed by atoms with E-state index in [0.29, 0.717) is 16.7 Å². The van der Waals surface area contributed by atoms with E-state index in [1.807, 2.05) is 0 Å². The molecule has 0 unspecified atom stereocenters. The van der Waals surface area contributed by atoms with Crippen molar-refractivity contribution < 1.29 is 13.5 Å². The quantitative estimate of drug-likeness (QED) is 0.861. The van der Waals surface area contributed by atoms with E-state index in [1.165, 1.54) is 6.07 Å². The third-order valence-corrected chi connectivity index (χ3v) is 4.53. The zero-order chi connectivity index (χ0) is 12.9. The summed E-state index contributed by atoms with van der Waals surface area (Å²) in [5.74, 6) is 0.150.